The lowest BCUT2D eigenvalue weighted by atomic mass is 10.1. The summed E-state index contributed by atoms with van der Waals surface area (Å²) in [6, 6.07) is 7.26. The second-order valence-electron chi connectivity index (χ2n) is 4.59. The minimum atomic E-state index is -0.604. The molecule has 1 unspecified atom stereocenters. The molecule has 21 heavy (non-hydrogen) atoms. The van der Waals surface area contributed by atoms with Crippen molar-refractivity contribution in [2.45, 2.75) is 12.5 Å². The van der Waals surface area contributed by atoms with Crippen molar-refractivity contribution in [2.75, 3.05) is 40.5 Å². The van der Waals surface area contributed by atoms with Gasteiger partial charge in [-0.2, -0.15) is 0 Å². The van der Waals surface area contributed by atoms with Crippen LogP contribution >= 0.6 is 0 Å². The third-order valence-electron chi connectivity index (χ3n) is 3.00. The van der Waals surface area contributed by atoms with E-state index >= 15 is 0 Å². The van der Waals surface area contributed by atoms with Crippen molar-refractivity contribution in [2.24, 2.45) is 0 Å². The molecule has 0 radical (unpaired) electrons. The van der Waals surface area contributed by atoms with Crippen LogP contribution in [0.4, 0.5) is 0 Å². The SMILES string of the molecule is COCCNC(=O)CCNCC(O)c1ccc(OC)cc1. The fourth-order valence-electron chi connectivity index (χ4n) is 1.77. The minimum absolute atomic E-state index is 0.0292. The Hall–Kier alpha value is -1.63. The zero-order valence-corrected chi connectivity index (χ0v) is 12.6. The van der Waals surface area contributed by atoms with Crippen molar-refractivity contribution in [1.82, 2.24) is 10.6 Å². The van der Waals surface area contributed by atoms with Gasteiger partial charge in [0.15, 0.2) is 0 Å². The molecule has 0 aliphatic rings. The molecular formula is C15H24N2O4. The third kappa shape index (κ3) is 7.08. The number of ether oxygens (including phenoxy) is 2. The first-order chi connectivity index (χ1) is 10.2. The van der Waals surface area contributed by atoms with E-state index in [2.05, 4.69) is 10.6 Å². The van der Waals surface area contributed by atoms with E-state index in [1.165, 1.54) is 0 Å². The molecule has 0 saturated carbocycles. The fraction of sp³-hybridized carbons (Fsp3) is 0.533. The highest BCUT2D eigenvalue weighted by molar-refractivity contribution is 5.76. The molecule has 3 N–H and O–H groups in total. The maximum atomic E-state index is 11.4. The van der Waals surface area contributed by atoms with E-state index in [0.717, 1.165) is 11.3 Å². The van der Waals surface area contributed by atoms with Gasteiger partial charge in [0.2, 0.25) is 5.91 Å². The highest BCUT2D eigenvalue weighted by Crippen LogP contribution is 2.16. The lowest BCUT2D eigenvalue weighted by Gasteiger charge is -2.12. The van der Waals surface area contributed by atoms with E-state index in [0.29, 0.717) is 32.7 Å². The standard InChI is InChI=1S/C15H24N2O4/c1-20-10-9-17-15(19)7-8-16-11-14(18)12-3-5-13(21-2)6-4-12/h3-6,14,16,18H,7-11H2,1-2H3,(H,17,19). The number of benzene rings is 1. The van der Waals surface area contributed by atoms with Crippen LogP contribution in [0.5, 0.6) is 5.75 Å². The third-order valence-corrected chi connectivity index (χ3v) is 3.00. The molecule has 1 amide bonds. The summed E-state index contributed by atoms with van der Waals surface area (Å²) in [6.45, 7) is 1.95. The van der Waals surface area contributed by atoms with Crippen molar-refractivity contribution in [3.05, 3.63) is 29.8 Å². The first-order valence-electron chi connectivity index (χ1n) is 6.95. The van der Waals surface area contributed by atoms with Crippen LogP contribution in [0.2, 0.25) is 0 Å². The number of hydrogen-bond acceptors (Lipinski definition) is 5. The van der Waals surface area contributed by atoms with Gasteiger partial charge >= 0.3 is 0 Å². The van der Waals surface area contributed by atoms with Gasteiger partial charge in [-0.15, -0.1) is 0 Å². The largest absolute Gasteiger partial charge is 0.497 e. The highest BCUT2D eigenvalue weighted by Gasteiger charge is 2.07. The predicted molar refractivity (Wildman–Crippen MR) is 80.3 cm³/mol. The predicted octanol–water partition coefficient (Wildman–Crippen LogP) is 0.471. The topological polar surface area (TPSA) is 79.8 Å². The first-order valence-corrected chi connectivity index (χ1v) is 6.95. The van der Waals surface area contributed by atoms with Gasteiger partial charge in [0, 0.05) is 33.2 Å². The average Bonchev–Trinajstić information content (AvgIpc) is 2.51. The van der Waals surface area contributed by atoms with Gasteiger partial charge < -0.3 is 25.2 Å². The maximum absolute atomic E-state index is 11.4. The number of carbonyl (C=O) groups excluding carboxylic acids is 1. The normalized spacial score (nSPS) is 12.0. The molecule has 6 nitrogen and oxygen atoms in total. The number of amides is 1. The van der Waals surface area contributed by atoms with Crippen LogP contribution in [0, 0.1) is 0 Å². The summed E-state index contributed by atoms with van der Waals surface area (Å²) in [4.78, 5) is 11.4. The van der Waals surface area contributed by atoms with Crippen molar-refractivity contribution in [1.29, 1.82) is 0 Å². The number of hydrogen-bond donors (Lipinski definition) is 3. The molecule has 0 aliphatic heterocycles. The molecule has 0 aromatic heterocycles. The summed E-state index contributed by atoms with van der Waals surface area (Å²) in [5.41, 5.74) is 0.813. The van der Waals surface area contributed by atoms with E-state index in [1.807, 2.05) is 24.3 Å². The van der Waals surface area contributed by atoms with Crippen molar-refractivity contribution < 1.29 is 19.4 Å². The van der Waals surface area contributed by atoms with Gasteiger partial charge in [-0.3, -0.25) is 4.79 Å². The van der Waals surface area contributed by atoms with Crippen LogP contribution in [0.3, 0.4) is 0 Å². The minimum Gasteiger partial charge on any atom is -0.497 e. The summed E-state index contributed by atoms with van der Waals surface area (Å²) < 4.78 is 9.91. The fourth-order valence-corrected chi connectivity index (χ4v) is 1.77. The van der Waals surface area contributed by atoms with Crippen molar-refractivity contribution in [3.8, 4) is 5.75 Å². The highest BCUT2D eigenvalue weighted by atomic mass is 16.5. The van der Waals surface area contributed by atoms with Crippen LogP contribution in [0.1, 0.15) is 18.1 Å². The number of aliphatic hydroxyl groups excluding tert-OH is 1. The summed E-state index contributed by atoms with van der Waals surface area (Å²) in [5.74, 6) is 0.727. The number of rotatable bonds is 10. The van der Waals surface area contributed by atoms with Gasteiger partial charge in [-0.05, 0) is 17.7 Å². The lowest BCUT2D eigenvalue weighted by Crippen LogP contribution is -2.31. The number of methoxy groups -OCH3 is 2. The Morgan fingerprint density at radius 2 is 1.95 bits per heavy atom. The molecular weight excluding hydrogens is 272 g/mol. The smallest absolute Gasteiger partial charge is 0.221 e. The Morgan fingerprint density at radius 1 is 1.24 bits per heavy atom. The Bertz CT molecular complexity index is 409. The monoisotopic (exact) mass is 296 g/mol. The zero-order valence-electron chi connectivity index (χ0n) is 12.6. The summed E-state index contributed by atoms with van der Waals surface area (Å²) in [5, 5.41) is 15.8. The molecule has 1 aromatic carbocycles. The molecule has 0 heterocycles. The Morgan fingerprint density at radius 3 is 2.57 bits per heavy atom. The van der Waals surface area contributed by atoms with Crippen LogP contribution in [0.25, 0.3) is 0 Å². The van der Waals surface area contributed by atoms with Crippen molar-refractivity contribution in [3.63, 3.8) is 0 Å². The Kier molecular flexibility index (Phi) is 8.42. The molecule has 1 aromatic rings. The van der Waals surface area contributed by atoms with Crippen LogP contribution in [0.15, 0.2) is 24.3 Å². The maximum Gasteiger partial charge on any atom is 0.221 e. The van der Waals surface area contributed by atoms with E-state index in [4.69, 9.17) is 9.47 Å². The van der Waals surface area contributed by atoms with Gasteiger partial charge in [0.05, 0.1) is 19.8 Å². The molecule has 0 fully saturated rings. The first kappa shape index (κ1) is 17.4. The van der Waals surface area contributed by atoms with Crippen LogP contribution in [-0.4, -0.2) is 51.5 Å². The molecule has 1 rings (SSSR count). The molecule has 0 saturated heterocycles. The zero-order chi connectivity index (χ0) is 15.5. The summed E-state index contributed by atoms with van der Waals surface area (Å²) in [7, 11) is 3.19. The van der Waals surface area contributed by atoms with Crippen LogP contribution in [-0.2, 0) is 9.53 Å². The Balaban J connectivity index is 2.17. The van der Waals surface area contributed by atoms with Gasteiger partial charge in [-0.1, -0.05) is 12.1 Å². The molecule has 118 valence electrons. The van der Waals surface area contributed by atoms with Gasteiger partial charge in [-0.25, -0.2) is 0 Å². The molecule has 1 atom stereocenters. The quantitative estimate of drug-likeness (QED) is 0.547. The molecule has 0 spiro atoms. The van der Waals surface area contributed by atoms with Gasteiger partial charge in [0.1, 0.15) is 5.75 Å². The van der Waals surface area contributed by atoms with E-state index in [-0.39, 0.29) is 5.91 Å². The van der Waals surface area contributed by atoms with Crippen LogP contribution < -0.4 is 15.4 Å². The van der Waals surface area contributed by atoms with E-state index in [1.54, 1.807) is 14.2 Å². The molecule has 0 aliphatic carbocycles. The Labute approximate surface area is 125 Å². The number of carbonyl (C=O) groups is 1. The second-order valence-corrected chi connectivity index (χ2v) is 4.59. The molecule has 6 heteroatoms. The number of aliphatic hydroxyl groups is 1. The second kappa shape index (κ2) is 10.1. The lowest BCUT2D eigenvalue weighted by molar-refractivity contribution is -0.121. The average molecular weight is 296 g/mol. The van der Waals surface area contributed by atoms with E-state index < -0.39 is 6.10 Å². The molecule has 0 bridgehead atoms. The van der Waals surface area contributed by atoms with Crippen molar-refractivity contribution >= 4 is 5.91 Å². The van der Waals surface area contributed by atoms with Gasteiger partial charge in [0.25, 0.3) is 0 Å². The summed E-state index contributed by atoms with van der Waals surface area (Å²) >= 11 is 0. The van der Waals surface area contributed by atoms with E-state index in [9.17, 15) is 9.90 Å². The summed E-state index contributed by atoms with van der Waals surface area (Å²) in [6.07, 6.45) is -0.230. The number of nitrogens with one attached hydrogen (secondary N) is 2.